The molecular formula is C30H25FN2O7S2. The SMILES string of the molecule is COc1ccc(OC(C(=O)Nc2nc3cc(OC)c(OC)cc3s2)c2ccccc2S(=O)(=O)c2ccc(F)cc2)cc1. The number of rotatable bonds is 10. The molecule has 1 aromatic heterocycles. The summed E-state index contributed by atoms with van der Waals surface area (Å²) in [6, 6.07) is 20.4. The van der Waals surface area contributed by atoms with Crippen LogP contribution in [0.1, 0.15) is 11.7 Å². The first kappa shape index (κ1) is 28.8. The number of anilines is 1. The number of nitrogens with one attached hydrogen (secondary N) is 1. The molecular weight excluding hydrogens is 583 g/mol. The van der Waals surface area contributed by atoms with Crippen molar-refractivity contribution in [1.29, 1.82) is 0 Å². The van der Waals surface area contributed by atoms with Crippen molar-refractivity contribution in [3.05, 3.63) is 96.3 Å². The summed E-state index contributed by atoms with van der Waals surface area (Å²) in [7, 11) is 0.387. The van der Waals surface area contributed by atoms with Crippen LogP contribution in [0.15, 0.2) is 94.7 Å². The Labute approximate surface area is 245 Å². The number of hydrogen-bond donors (Lipinski definition) is 1. The molecule has 1 unspecified atom stereocenters. The number of fused-ring (bicyclic) bond motifs is 1. The van der Waals surface area contributed by atoms with E-state index in [1.54, 1.807) is 42.5 Å². The average molecular weight is 609 g/mol. The van der Waals surface area contributed by atoms with E-state index in [-0.39, 0.29) is 20.5 Å². The van der Waals surface area contributed by atoms with Crippen LogP contribution in [0.3, 0.4) is 0 Å². The number of carbonyl (C=O) groups excluding carboxylic acids is 1. The molecule has 0 fully saturated rings. The van der Waals surface area contributed by atoms with Gasteiger partial charge in [-0.2, -0.15) is 0 Å². The highest BCUT2D eigenvalue weighted by molar-refractivity contribution is 7.91. The van der Waals surface area contributed by atoms with Crippen molar-refractivity contribution < 1.29 is 36.6 Å². The summed E-state index contributed by atoms with van der Waals surface area (Å²) in [5.41, 5.74) is 0.652. The third-order valence-corrected chi connectivity index (χ3v) is 9.07. The van der Waals surface area contributed by atoms with Crippen LogP contribution in [-0.4, -0.2) is 40.6 Å². The summed E-state index contributed by atoms with van der Waals surface area (Å²) in [6.07, 6.45) is -1.42. The Morgan fingerprint density at radius 2 is 1.50 bits per heavy atom. The fraction of sp³-hybridized carbons (Fsp3) is 0.133. The zero-order valence-electron chi connectivity index (χ0n) is 22.7. The number of amides is 1. The van der Waals surface area contributed by atoms with Gasteiger partial charge in [0, 0.05) is 17.7 Å². The quantitative estimate of drug-likeness (QED) is 0.191. The number of carbonyl (C=O) groups is 1. The Kier molecular flexibility index (Phi) is 8.27. The van der Waals surface area contributed by atoms with E-state index in [1.165, 1.54) is 63.0 Å². The molecule has 12 heteroatoms. The van der Waals surface area contributed by atoms with E-state index in [1.807, 2.05) is 0 Å². The van der Waals surface area contributed by atoms with Crippen molar-refractivity contribution in [3.63, 3.8) is 0 Å². The summed E-state index contributed by atoms with van der Waals surface area (Å²) >= 11 is 1.20. The van der Waals surface area contributed by atoms with E-state index in [0.29, 0.717) is 28.5 Å². The lowest BCUT2D eigenvalue weighted by atomic mass is 10.1. The fourth-order valence-electron chi connectivity index (χ4n) is 4.21. The molecule has 1 amide bonds. The summed E-state index contributed by atoms with van der Waals surface area (Å²) in [5, 5.41) is 3.02. The Bertz CT molecular complexity index is 1800. The molecule has 5 aromatic rings. The minimum absolute atomic E-state index is 0.0830. The summed E-state index contributed by atoms with van der Waals surface area (Å²) in [4.78, 5) is 18.0. The first-order valence-electron chi connectivity index (χ1n) is 12.5. The highest BCUT2D eigenvalue weighted by Crippen LogP contribution is 2.37. The standard InChI is InChI=1S/C30H25FN2O7S2/c1-37-19-10-12-20(13-11-19)40-28(22-6-4-5-7-27(22)42(35,36)21-14-8-18(31)9-15-21)29(34)33-30-32-23-16-24(38-2)25(39-3)17-26(23)41-30/h4-17,28H,1-3H3,(H,32,33,34). The van der Waals surface area contributed by atoms with Gasteiger partial charge in [0.2, 0.25) is 15.9 Å². The Morgan fingerprint density at radius 1 is 0.857 bits per heavy atom. The molecule has 9 nitrogen and oxygen atoms in total. The molecule has 0 saturated carbocycles. The monoisotopic (exact) mass is 608 g/mol. The second-order valence-corrected chi connectivity index (χ2v) is 11.8. The molecule has 0 aliphatic carbocycles. The van der Waals surface area contributed by atoms with Crippen LogP contribution in [0.25, 0.3) is 10.2 Å². The van der Waals surface area contributed by atoms with Crippen LogP contribution >= 0.6 is 11.3 Å². The molecule has 216 valence electrons. The second-order valence-electron chi connectivity index (χ2n) is 8.85. The lowest BCUT2D eigenvalue weighted by Crippen LogP contribution is -2.27. The highest BCUT2D eigenvalue weighted by Gasteiger charge is 2.31. The van der Waals surface area contributed by atoms with Gasteiger partial charge in [-0.1, -0.05) is 29.5 Å². The predicted molar refractivity (Wildman–Crippen MR) is 156 cm³/mol. The predicted octanol–water partition coefficient (Wildman–Crippen LogP) is 6.05. The van der Waals surface area contributed by atoms with Crippen molar-refractivity contribution >= 4 is 42.4 Å². The summed E-state index contributed by atoms with van der Waals surface area (Å²) in [6.45, 7) is 0. The molecule has 0 spiro atoms. The number of aromatic nitrogens is 1. The number of methoxy groups -OCH3 is 3. The second kappa shape index (κ2) is 12.0. The maximum Gasteiger partial charge on any atom is 0.272 e. The van der Waals surface area contributed by atoms with Crippen LogP contribution in [0.5, 0.6) is 23.0 Å². The maximum absolute atomic E-state index is 13.8. The molecule has 0 aliphatic rings. The molecule has 0 radical (unpaired) electrons. The normalized spacial score (nSPS) is 12.0. The Balaban J connectivity index is 1.56. The van der Waals surface area contributed by atoms with Gasteiger partial charge < -0.3 is 18.9 Å². The van der Waals surface area contributed by atoms with Crippen LogP contribution in [0, 0.1) is 5.82 Å². The van der Waals surface area contributed by atoms with E-state index < -0.39 is 27.7 Å². The topological polar surface area (TPSA) is 113 Å². The first-order chi connectivity index (χ1) is 20.2. The highest BCUT2D eigenvalue weighted by atomic mass is 32.2. The Hall–Kier alpha value is -4.68. The molecule has 42 heavy (non-hydrogen) atoms. The minimum Gasteiger partial charge on any atom is -0.497 e. The molecule has 5 rings (SSSR count). The zero-order valence-corrected chi connectivity index (χ0v) is 24.3. The van der Waals surface area contributed by atoms with Gasteiger partial charge in [-0.15, -0.1) is 0 Å². The van der Waals surface area contributed by atoms with E-state index in [4.69, 9.17) is 18.9 Å². The van der Waals surface area contributed by atoms with Crippen molar-refractivity contribution in [2.75, 3.05) is 26.6 Å². The summed E-state index contributed by atoms with van der Waals surface area (Å²) in [5.74, 6) is 0.617. The van der Waals surface area contributed by atoms with E-state index in [9.17, 15) is 17.6 Å². The van der Waals surface area contributed by atoms with Crippen LogP contribution in [0.2, 0.25) is 0 Å². The van der Waals surface area contributed by atoms with Gasteiger partial charge in [0.05, 0.1) is 41.3 Å². The lowest BCUT2D eigenvalue weighted by molar-refractivity contribution is -0.123. The molecule has 0 aliphatic heterocycles. The van der Waals surface area contributed by atoms with Gasteiger partial charge in [0.15, 0.2) is 16.6 Å². The minimum atomic E-state index is -4.16. The van der Waals surface area contributed by atoms with Gasteiger partial charge in [-0.25, -0.2) is 17.8 Å². The number of nitrogens with zero attached hydrogens (tertiary/aromatic N) is 1. The smallest absolute Gasteiger partial charge is 0.272 e. The molecule has 4 aromatic carbocycles. The van der Waals surface area contributed by atoms with Crippen molar-refractivity contribution in [2.24, 2.45) is 0 Å². The van der Waals surface area contributed by atoms with Crippen LogP contribution < -0.4 is 24.3 Å². The molecule has 1 N–H and O–H groups in total. The van der Waals surface area contributed by atoms with Crippen LogP contribution in [0.4, 0.5) is 9.52 Å². The third kappa shape index (κ3) is 5.85. The van der Waals surface area contributed by atoms with E-state index >= 15 is 0 Å². The zero-order chi connectivity index (χ0) is 29.9. The van der Waals surface area contributed by atoms with E-state index in [2.05, 4.69) is 10.3 Å². The third-order valence-electron chi connectivity index (χ3n) is 6.29. The van der Waals surface area contributed by atoms with Crippen LogP contribution in [-0.2, 0) is 14.6 Å². The van der Waals surface area contributed by atoms with Crippen molar-refractivity contribution in [2.45, 2.75) is 15.9 Å². The number of hydrogen-bond acceptors (Lipinski definition) is 9. The van der Waals surface area contributed by atoms with Gasteiger partial charge in [0.25, 0.3) is 5.91 Å². The van der Waals surface area contributed by atoms with Crippen molar-refractivity contribution in [3.8, 4) is 23.0 Å². The molecule has 1 heterocycles. The van der Waals surface area contributed by atoms with Gasteiger partial charge in [-0.05, 0) is 54.6 Å². The largest absolute Gasteiger partial charge is 0.497 e. The number of benzene rings is 4. The molecule has 1 atom stereocenters. The maximum atomic E-state index is 13.8. The average Bonchev–Trinajstić information content (AvgIpc) is 3.40. The number of thiazole rings is 1. The number of halogens is 1. The Morgan fingerprint density at radius 3 is 2.17 bits per heavy atom. The number of sulfone groups is 1. The van der Waals surface area contributed by atoms with Gasteiger partial charge in [0.1, 0.15) is 17.3 Å². The first-order valence-corrected chi connectivity index (χ1v) is 14.8. The van der Waals surface area contributed by atoms with Crippen molar-refractivity contribution in [1.82, 2.24) is 4.98 Å². The lowest BCUT2D eigenvalue weighted by Gasteiger charge is -2.21. The van der Waals surface area contributed by atoms with Gasteiger partial charge >= 0.3 is 0 Å². The summed E-state index contributed by atoms with van der Waals surface area (Å²) < 4.78 is 63.7. The fourth-order valence-corrected chi connectivity index (χ4v) is 6.58. The molecule has 0 bridgehead atoms. The van der Waals surface area contributed by atoms with Gasteiger partial charge in [-0.3, -0.25) is 10.1 Å². The molecule has 0 saturated heterocycles. The van der Waals surface area contributed by atoms with E-state index in [0.717, 1.165) is 16.8 Å². The number of ether oxygens (including phenoxy) is 4.